The zero-order valence-corrected chi connectivity index (χ0v) is 32.9. The van der Waals surface area contributed by atoms with E-state index < -0.39 is 8.80 Å². The summed E-state index contributed by atoms with van der Waals surface area (Å²) in [6.45, 7) is 31.5. The van der Waals surface area contributed by atoms with Crippen molar-refractivity contribution in [2.24, 2.45) is 5.92 Å². The molecule has 0 amide bonds. The van der Waals surface area contributed by atoms with Gasteiger partial charge in [-0.15, -0.1) is 34.5 Å². The summed E-state index contributed by atoms with van der Waals surface area (Å²) in [7, 11) is -0.839. The Morgan fingerprint density at radius 3 is 1.98 bits per heavy atom. The van der Waals surface area contributed by atoms with Crippen LogP contribution in [0.1, 0.15) is 119 Å². The molecule has 0 saturated heterocycles. The fraction of sp³-hybridized carbons (Fsp3) is 0.513. The summed E-state index contributed by atoms with van der Waals surface area (Å²) in [4.78, 5) is 0. The minimum atomic E-state index is -0.839. The topological polar surface area (TPSA) is 0 Å². The number of allylic oxidation sites excluding steroid dienone is 4. The van der Waals surface area contributed by atoms with Crippen LogP contribution in [-0.4, -0.2) is 8.80 Å². The van der Waals surface area contributed by atoms with Crippen molar-refractivity contribution in [2.45, 2.75) is 125 Å². The molecule has 1 radical (unpaired) electrons. The van der Waals surface area contributed by atoms with E-state index >= 15 is 0 Å². The Kier molecular flexibility index (Phi) is 10.6. The molecule has 41 heavy (non-hydrogen) atoms. The summed E-state index contributed by atoms with van der Waals surface area (Å²) >= 11 is 0. The maximum absolute atomic E-state index is 2.70. The fourth-order valence-corrected chi connectivity index (χ4v) is 10.8. The normalized spacial score (nSPS) is 16.5. The van der Waals surface area contributed by atoms with Crippen molar-refractivity contribution in [1.29, 1.82) is 0 Å². The molecule has 0 aliphatic heterocycles. The van der Waals surface area contributed by atoms with Crippen LogP contribution in [0.25, 0.3) is 21.9 Å². The molecule has 0 spiro atoms. The van der Waals surface area contributed by atoms with Crippen LogP contribution in [0.3, 0.4) is 0 Å². The predicted octanol–water partition coefficient (Wildman–Crippen LogP) is 11.4. The molecular formula is C39H54HfSi-. The molecule has 0 saturated carbocycles. The fourth-order valence-electron chi connectivity index (χ4n) is 7.29. The SMILES string of the molecule is CCC[Si](CC1=C(C)C(C)=C(C)C1C)c1cc(-c2cc3ccccc3[cH-]2)c(C(C)(C)C)c(C(C)C)c1C(C)(C)C.[Hf]. The summed E-state index contributed by atoms with van der Waals surface area (Å²) in [5, 5.41) is 4.40. The first kappa shape index (κ1) is 34.1. The van der Waals surface area contributed by atoms with E-state index in [1.807, 2.05) is 0 Å². The molecule has 0 heterocycles. The molecular weight excluding hydrogens is 675 g/mol. The molecule has 1 atom stereocenters. The third-order valence-electron chi connectivity index (χ3n) is 9.52. The first-order valence-electron chi connectivity index (χ1n) is 15.7. The Hall–Kier alpha value is -1.38. The van der Waals surface area contributed by atoms with Gasteiger partial charge in [0.25, 0.3) is 0 Å². The van der Waals surface area contributed by atoms with Crippen molar-refractivity contribution in [3.05, 3.63) is 81.4 Å². The van der Waals surface area contributed by atoms with Gasteiger partial charge < -0.3 is 0 Å². The average Bonchev–Trinajstić information content (AvgIpc) is 3.37. The maximum Gasteiger partial charge on any atom is 0.0894 e. The summed E-state index contributed by atoms with van der Waals surface area (Å²) in [6.07, 6.45) is 1.25. The molecule has 1 aliphatic rings. The summed E-state index contributed by atoms with van der Waals surface area (Å²) in [5.74, 6) is 1.04. The Labute approximate surface area is 272 Å². The minimum Gasteiger partial charge on any atom is -0.145 e. The van der Waals surface area contributed by atoms with Crippen molar-refractivity contribution in [1.82, 2.24) is 0 Å². The Morgan fingerprint density at radius 1 is 0.878 bits per heavy atom. The van der Waals surface area contributed by atoms with Gasteiger partial charge in [0.1, 0.15) is 0 Å². The van der Waals surface area contributed by atoms with Gasteiger partial charge in [-0.2, -0.15) is 0 Å². The van der Waals surface area contributed by atoms with Crippen molar-refractivity contribution >= 4 is 24.8 Å². The van der Waals surface area contributed by atoms with E-state index in [9.17, 15) is 0 Å². The van der Waals surface area contributed by atoms with Gasteiger partial charge in [-0.1, -0.05) is 133 Å². The van der Waals surface area contributed by atoms with Crippen LogP contribution in [0, 0.1) is 5.92 Å². The van der Waals surface area contributed by atoms with Crippen LogP contribution in [0.15, 0.2) is 64.8 Å². The second-order valence-electron chi connectivity index (χ2n) is 14.9. The molecule has 0 nitrogen and oxygen atoms in total. The number of fused-ring (bicyclic) bond motifs is 1. The van der Waals surface area contributed by atoms with E-state index in [0.717, 1.165) is 0 Å². The first-order chi connectivity index (χ1) is 18.6. The Bertz CT molecular complexity index is 1430. The largest absolute Gasteiger partial charge is 0.145 e. The van der Waals surface area contributed by atoms with E-state index in [1.54, 1.807) is 38.6 Å². The molecule has 0 fully saturated rings. The van der Waals surface area contributed by atoms with E-state index in [2.05, 4.69) is 132 Å². The predicted molar refractivity (Wildman–Crippen MR) is 182 cm³/mol. The van der Waals surface area contributed by atoms with Gasteiger partial charge in [0.05, 0.1) is 8.80 Å². The first-order valence-corrected chi connectivity index (χ1v) is 17.6. The molecule has 1 unspecified atom stereocenters. The van der Waals surface area contributed by atoms with Crippen molar-refractivity contribution in [2.75, 3.05) is 0 Å². The third-order valence-corrected chi connectivity index (χ3v) is 12.6. The van der Waals surface area contributed by atoms with E-state index in [-0.39, 0.29) is 36.7 Å². The Morgan fingerprint density at radius 2 is 1.49 bits per heavy atom. The number of hydrogen-bond acceptors (Lipinski definition) is 0. The van der Waals surface area contributed by atoms with Crippen LogP contribution in [0.4, 0.5) is 0 Å². The summed E-state index contributed by atoms with van der Waals surface area (Å²) < 4.78 is 0. The number of rotatable bonds is 7. The van der Waals surface area contributed by atoms with Gasteiger partial charge in [0.2, 0.25) is 0 Å². The molecule has 3 aromatic rings. The molecule has 0 aromatic heterocycles. The second kappa shape index (κ2) is 12.7. The monoisotopic (exact) mass is 730 g/mol. The van der Waals surface area contributed by atoms with E-state index in [4.69, 9.17) is 0 Å². The molecule has 2 heteroatoms. The van der Waals surface area contributed by atoms with Crippen molar-refractivity contribution < 1.29 is 25.8 Å². The van der Waals surface area contributed by atoms with Crippen LogP contribution in [-0.2, 0) is 36.7 Å². The zero-order chi connectivity index (χ0) is 29.7. The molecule has 219 valence electrons. The van der Waals surface area contributed by atoms with Crippen LogP contribution < -0.4 is 5.19 Å². The molecule has 1 aliphatic carbocycles. The smallest absolute Gasteiger partial charge is 0.0894 e. The van der Waals surface area contributed by atoms with Crippen LogP contribution in [0.5, 0.6) is 0 Å². The van der Waals surface area contributed by atoms with E-state index in [1.165, 1.54) is 46.0 Å². The quantitative estimate of drug-likeness (QED) is 0.168. The van der Waals surface area contributed by atoms with E-state index in [0.29, 0.717) is 11.8 Å². The third kappa shape index (κ3) is 6.59. The molecule has 0 bridgehead atoms. The molecule has 4 rings (SSSR count). The van der Waals surface area contributed by atoms with Crippen molar-refractivity contribution in [3.8, 4) is 11.1 Å². The second-order valence-corrected chi connectivity index (χ2v) is 17.5. The van der Waals surface area contributed by atoms with Crippen LogP contribution in [0.2, 0.25) is 12.1 Å². The number of benzene rings is 2. The van der Waals surface area contributed by atoms with Gasteiger partial charge in [0.15, 0.2) is 0 Å². The van der Waals surface area contributed by atoms with Crippen molar-refractivity contribution in [3.63, 3.8) is 0 Å². The minimum absolute atomic E-state index is 0. The van der Waals surface area contributed by atoms with Gasteiger partial charge in [-0.05, 0) is 71.8 Å². The number of hydrogen-bond donors (Lipinski definition) is 0. The maximum atomic E-state index is 2.70. The van der Waals surface area contributed by atoms with Gasteiger partial charge in [0, 0.05) is 25.8 Å². The molecule has 3 aromatic carbocycles. The Balaban J connectivity index is 0.00000462. The van der Waals surface area contributed by atoms with Crippen LogP contribution >= 0.6 is 0 Å². The summed E-state index contributed by atoms with van der Waals surface area (Å²) in [5.41, 5.74) is 14.2. The van der Waals surface area contributed by atoms with Gasteiger partial charge >= 0.3 is 0 Å². The zero-order valence-electron chi connectivity index (χ0n) is 28.3. The van der Waals surface area contributed by atoms with Gasteiger partial charge in [-0.3, -0.25) is 0 Å². The average molecular weight is 729 g/mol. The standard InChI is InChI=1S/C39H54Si.Hf/c1-14-19-40(23-33-27(6)25(4)26(5)28(33)7)34-22-32(31-20-29-17-15-16-18-30(29)21-31)36(38(8,9)10)35(24(2)3)37(34)39(11,12)13;/h15-18,20-22,24,27H,14,19,23H2,1-13H3;/q-1;. The van der Waals surface area contributed by atoms with Gasteiger partial charge in [-0.25, -0.2) is 0 Å². The molecule has 0 N–H and O–H groups in total. The summed E-state index contributed by atoms with van der Waals surface area (Å²) in [6, 6.07) is 19.1.